The summed E-state index contributed by atoms with van der Waals surface area (Å²) in [6, 6.07) is 3.68. The van der Waals surface area contributed by atoms with E-state index in [1.165, 1.54) is 0 Å². The van der Waals surface area contributed by atoms with Crippen LogP contribution in [-0.2, 0) is 0 Å². The number of likely N-dealkylation sites (tertiary alicyclic amines) is 1. The Balaban J connectivity index is 2.27. The highest BCUT2D eigenvalue weighted by Gasteiger charge is 2.31. The van der Waals surface area contributed by atoms with Crippen molar-refractivity contribution in [2.45, 2.75) is 39.2 Å². The average Bonchev–Trinajstić information content (AvgIpc) is 2.31. The first-order valence-electron chi connectivity index (χ1n) is 6.68. The average molecular weight is 262 g/mol. The van der Waals surface area contributed by atoms with E-state index in [-0.39, 0.29) is 5.91 Å². The maximum Gasteiger partial charge on any atom is 0.254 e. The summed E-state index contributed by atoms with van der Waals surface area (Å²) in [6.07, 6.45) is 1.57. The van der Waals surface area contributed by atoms with E-state index in [2.05, 4.69) is 0 Å². The minimum atomic E-state index is -0.780. The van der Waals surface area contributed by atoms with Crippen molar-refractivity contribution in [2.75, 3.05) is 18.8 Å². The molecule has 3 N–H and O–H groups in total. The molecule has 1 saturated heterocycles. The van der Waals surface area contributed by atoms with E-state index in [1.807, 2.05) is 19.9 Å². The third-order valence-corrected chi connectivity index (χ3v) is 3.81. The summed E-state index contributed by atoms with van der Waals surface area (Å²) in [5.41, 5.74) is 8.30. The number of nitrogens with zero attached hydrogens (tertiary/aromatic N) is 1. The second kappa shape index (κ2) is 4.85. The fraction of sp³-hybridized carbons (Fsp3) is 0.533. The molecule has 0 bridgehead atoms. The molecule has 1 atom stereocenters. The molecule has 1 aliphatic rings. The van der Waals surface area contributed by atoms with Crippen LogP contribution in [0.4, 0.5) is 5.69 Å². The number of hydrogen-bond acceptors (Lipinski definition) is 3. The van der Waals surface area contributed by atoms with Crippen LogP contribution in [-0.4, -0.2) is 34.6 Å². The van der Waals surface area contributed by atoms with Gasteiger partial charge in [0.05, 0.1) is 5.60 Å². The SMILES string of the molecule is Cc1cc(C)c(C(=O)N2CCCC(C)(O)C2)cc1N. The molecule has 1 heterocycles. The van der Waals surface area contributed by atoms with Gasteiger partial charge in [-0.15, -0.1) is 0 Å². The Morgan fingerprint density at radius 1 is 1.37 bits per heavy atom. The molecular formula is C15H22N2O2. The van der Waals surface area contributed by atoms with Crippen molar-refractivity contribution in [1.82, 2.24) is 4.90 Å². The van der Waals surface area contributed by atoms with Gasteiger partial charge in [-0.3, -0.25) is 4.79 Å². The highest BCUT2D eigenvalue weighted by atomic mass is 16.3. The van der Waals surface area contributed by atoms with E-state index in [1.54, 1.807) is 17.9 Å². The lowest BCUT2D eigenvalue weighted by molar-refractivity contribution is -0.0107. The number of aryl methyl sites for hydroxylation is 2. The summed E-state index contributed by atoms with van der Waals surface area (Å²) in [7, 11) is 0. The summed E-state index contributed by atoms with van der Waals surface area (Å²) in [5.74, 6) is -0.0378. The first-order valence-corrected chi connectivity index (χ1v) is 6.68. The molecule has 1 aliphatic heterocycles. The molecule has 1 unspecified atom stereocenters. The predicted octanol–water partition coefficient (Wildman–Crippen LogP) is 1.87. The molecule has 104 valence electrons. The summed E-state index contributed by atoms with van der Waals surface area (Å²) >= 11 is 0. The van der Waals surface area contributed by atoms with E-state index >= 15 is 0 Å². The number of piperidine rings is 1. The zero-order valence-electron chi connectivity index (χ0n) is 11.9. The smallest absolute Gasteiger partial charge is 0.254 e. The highest BCUT2D eigenvalue weighted by Crippen LogP contribution is 2.24. The van der Waals surface area contributed by atoms with E-state index in [0.29, 0.717) is 24.3 Å². The molecule has 0 spiro atoms. The van der Waals surface area contributed by atoms with Crippen LogP contribution in [0, 0.1) is 13.8 Å². The lowest BCUT2D eigenvalue weighted by atomic mass is 9.94. The van der Waals surface area contributed by atoms with Crippen LogP contribution >= 0.6 is 0 Å². The predicted molar refractivity (Wildman–Crippen MR) is 76.1 cm³/mol. The topological polar surface area (TPSA) is 66.6 Å². The van der Waals surface area contributed by atoms with Gasteiger partial charge in [-0.05, 0) is 50.8 Å². The number of carbonyl (C=O) groups is 1. The van der Waals surface area contributed by atoms with Crippen molar-refractivity contribution in [2.24, 2.45) is 0 Å². The third kappa shape index (κ3) is 2.89. The minimum Gasteiger partial charge on any atom is -0.398 e. The molecular weight excluding hydrogens is 240 g/mol. The Morgan fingerprint density at radius 3 is 2.68 bits per heavy atom. The fourth-order valence-corrected chi connectivity index (χ4v) is 2.66. The van der Waals surface area contributed by atoms with Gasteiger partial charge in [0.15, 0.2) is 0 Å². The van der Waals surface area contributed by atoms with Crippen LogP contribution in [0.15, 0.2) is 12.1 Å². The van der Waals surface area contributed by atoms with Crippen LogP contribution in [0.1, 0.15) is 41.3 Å². The van der Waals surface area contributed by atoms with Gasteiger partial charge < -0.3 is 15.7 Å². The molecule has 0 saturated carbocycles. The number of nitrogen functional groups attached to an aromatic ring is 1. The normalized spacial score (nSPS) is 23.5. The first kappa shape index (κ1) is 13.9. The molecule has 0 radical (unpaired) electrons. The van der Waals surface area contributed by atoms with Gasteiger partial charge in [-0.2, -0.15) is 0 Å². The zero-order valence-corrected chi connectivity index (χ0v) is 11.9. The maximum atomic E-state index is 12.5. The van der Waals surface area contributed by atoms with Crippen molar-refractivity contribution >= 4 is 11.6 Å². The molecule has 1 aromatic rings. The first-order chi connectivity index (χ1) is 8.80. The van der Waals surface area contributed by atoms with Crippen molar-refractivity contribution in [3.8, 4) is 0 Å². The Hall–Kier alpha value is -1.55. The van der Waals surface area contributed by atoms with Gasteiger partial charge in [-0.1, -0.05) is 6.07 Å². The number of amides is 1. The van der Waals surface area contributed by atoms with E-state index in [4.69, 9.17) is 5.73 Å². The number of anilines is 1. The molecule has 19 heavy (non-hydrogen) atoms. The van der Waals surface area contributed by atoms with Crippen molar-refractivity contribution in [3.05, 3.63) is 28.8 Å². The lowest BCUT2D eigenvalue weighted by Crippen LogP contribution is -2.48. The van der Waals surface area contributed by atoms with Gasteiger partial charge in [0, 0.05) is 24.3 Å². The van der Waals surface area contributed by atoms with Crippen LogP contribution in [0.5, 0.6) is 0 Å². The molecule has 0 aromatic heterocycles. The van der Waals surface area contributed by atoms with E-state index in [9.17, 15) is 9.90 Å². The molecule has 4 heteroatoms. The van der Waals surface area contributed by atoms with E-state index < -0.39 is 5.60 Å². The Labute approximate surface area is 114 Å². The van der Waals surface area contributed by atoms with Gasteiger partial charge >= 0.3 is 0 Å². The minimum absolute atomic E-state index is 0.0378. The molecule has 1 amide bonds. The van der Waals surface area contributed by atoms with E-state index in [0.717, 1.165) is 24.0 Å². The summed E-state index contributed by atoms with van der Waals surface area (Å²) in [4.78, 5) is 14.3. The quantitative estimate of drug-likeness (QED) is 0.759. The third-order valence-electron chi connectivity index (χ3n) is 3.81. The maximum absolute atomic E-state index is 12.5. The number of aliphatic hydroxyl groups is 1. The lowest BCUT2D eigenvalue weighted by Gasteiger charge is -2.37. The van der Waals surface area contributed by atoms with Crippen molar-refractivity contribution in [3.63, 3.8) is 0 Å². The Morgan fingerprint density at radius 2 is 2.05 bits per heavy atom. The number of hydrogen-bond donors (Lipinski definition) is 2. The summed E-state index contributed by atoms with van der Waals surface area (Å²) in [5, 5.41) is 10.1. The summed E-state index contributed by atoms with van der Waals surface area (Å²) in [6.45, 7) is 6.72. The standard InChI is InChI=1S/C15H22N2O2/c1-10-7-11(2)13(16)8-12(10)14(18)17-6-4-5-15(3,19)9-17/h7-8,19H,4-6,9,16H2,1-3H3. The number of carbonyl (C=O) groups excluding carboxylic acids is 1. The van der Waals surface area contributed by atoms with Crippen molar-refractivity contribution < 1.29 is 9.90 Å². The van der Waals surface area contributed by atoms with Crippen LogP contribution in [0.2, 0.25) is 0 Å². The fourth-order valence-electron chi connectivity index (χ4n) is 2.66. The van der Waals surface area contributed by atoms with Gasteiger partial charge in [0.1, 0.15) is 0 Å². The summed E-state index contributed by atoms with van der Waals surface area (Å²) < 4.78 is 0. The second-order valence-electron chi connectivity index (χ2n) is 5.85. The molecule has 0 aliphatic carbocycles. The van der Waals surface area contributed by atoms with Crippen LogP contribution < -0.4 is 5.73 Å². The van der Waals surface area contributed by atoms with Gasteiger partial charge in [0.25, 0.3) is 5.91 Å². The monoisotopic (exact) mass is 262 g/mol. The number of rotatable bonds is 1. The Kier molecular flexibility index (Phi) is 3.54. The second-order valence-corrected chi connectivity index (χ2v) is 5.85. The van der Waals surface area contributed by atoms with Crippen molar-refractivity contribution in [1.29, 1.82) is 0 Å². The number of nitrogens with two attached hydrogens (primary N) is 1. The van der Waals surface area contributed by atoms with Crippen LogP contribution in [0.3, 0.4) is 0 Å². The number of β-amino-alcohol motifs (C(OH)–C–C–N with tert-alkyl or cyclic N) is 1. The van der Waals surface area contributed by atoms with Crippen LogP contribution in [0.25, 0.3) is 0 Å². The molecule has 4 nitrogen and oxygen atoms in total. The highest BCUT2D eigenvalue weighted by molar-refractivity contribution is 5.96. The van der Waals surface area contributed by atoms with Gasteiger partial charge in [0.2, 0.25) is 0 Å². The van der Waals surface area contributed by atoms with Gasteiger partial charge in [-0.25, -0.2) is 0 Å². The Bertz CT molecular complexity index is 509. The molecule has 2 rings (SSSR count). The molecule has 1 fully saturated rings. The molecule has 1 aromatic carbocycles. The largest absolute Gasteiger partial charge is 0.398 e. The number of benzene rings is 1. The zero-order chi connectivity index (χ0) is 14.2.